The lowest BCUT2D eigenvalue weighted by molar-refractivity contribution is 0.669. The summed E-state index contributed by atoms with van der Waals surface area (Å²) in [6.07, 6.45) is 0. The van der Waals surface area contributed by atoms with Crippen LogP contribution in [0.15, 0.2) is 174 Å². The zero-order valence-electron chi connectivity index (χ0n) is 44.0. The minimum absolute atomic E-state index is 0.129. The normalized spacial score (nSPS) is 17.8. The van der Waals surface area contributed by atoms with Gasteiger partial charge in [-0.1, -0.05) is 145 Å². The van der Waals surface area contributed by atoms with E-state index in [9.17, 15) is 11.0 Å². The van der Waals surface area contributed by atoms with Crippen molar-refractivity contribution in [3.8, 4) is 33.4 Å². The summed E-state index contributed by atoms with van der Waals surface area (Å²) in [6, 6.07) is 0.507. The third-order valence-electron chi connectivity index (χ3n) is 8.32. The van der Waals surface area contributed by atoms with Crippen molar-refractivity contribution >= 4 is 65.0 Å². The smallest absolute Gasteiger partial charge is 0.136 e. The molecule has 0 aliphatic rings. The van der Waals surface area contributed by atoms with Crippen molar-refractivity contribution in [1.29, 1.82) is 0 Å². The van der Waals surface area contributed by atoms with E-state index in [0.29, 0.717) is 21.5 Å². The maximum atomic E-state index is 9.81. The van der Waals surface area contributed by atoms with Gasteiger partial charge in [0.1, 0.15) is 11.2 Å². The number of hydrogen-bond acceptors (Lipinski definition) is 1. The van der Waals surface area contributed by atoms with E-state index in [2.05, 4.69) is 0 Å². The van der Waals surface area contributed by atoms with Crippen LogP contribution in [0, 0.1) is 0 Å². The highest BCUT2D eigenvalue weighted by Gasteiger charge is 2.20. The molecule has 0 atom stereocenters. The van der Waals surface area contributed by atoms with Gasteiger partial charge in [-0.25, -0.2) is 0 Å². The highest BCUT2D eigenvalue weighted by atomic mass is 16.3. The summed E-state index contributed by atoms with van der Waals surface area (Å²) in [5.74, 6) is 0. The predicted molar refractivity (Wildman–Crippen MR) is 200 cm³/mol. The summed E-state index contributed by atoms with van der Waals surface area (Å²) < 4.78 is 184. The highest BCUT2D eigenvalue weighted by Crippen LogP contribution is 2.47. The lowest BCUT2D eigenvalue weighted by Crippen LogP contribution is -1.92. The standard InChI is InChI=1S/C46H28O/c1-2-12-29(13-3-1)33-23-24-40(35-17-7-6-16-34(33)35)46-38-20-10-8-18-36(38)45(37-19-9-11-21-39(37)46)32-22-25-43-41(27-32)42-26-30-14-4-5-15-31(30)28-44(42)47-43/h1-28H/i1D,2D,3D,4D,5D,6D,7D,12D,13D,14D,15D,16D,17D,22D,23D,24D,25D,26D,27D,28D. The Morgan fingerprint density at radius 2 is 0.915 bits per heavy atom. The molecule has 9 aromatic carbocycles. The van der Waals surface area contributed by atoms with E-state index in [-0.39, 0.29) is 65.7 Å². The summed E-state index contributed by atoms with van der Waals surface area (Å²) >= 11 is 0. The average Bonchev–Trinajstić information content (AvgIpc) is 3.74. The third-order valence-corrected chi connectivity index (χ3v) is 8.32. The first-order valence-electron chi connectivity index (χ1n) is 24.6. The summed E-state index contributed by atoms with van der Waals surface area (Å²) in [6.45, 7) is 0. The Bertz CT molecular complexity index is 3900. The minimum atomic E-state index is -0.757. The molecule has 0 N–H and O–H groups in total. The molecule has 0 spiro atoms. The van der Waals surface area contributed by atoms with E-state index in [0.717, 1.165) is 0 Å². The molecule has 47 heavy (non-hydrogen) atoms. The second-order valence-electron chi connectivity index (χ2n) is 10.9. The van der Waals surface area contributed by atoms with Gasteiger partial charge in [0.05, 0.1) is 27.4 Å². The van der Waals surface area contributed by atoms with Crippen LogP contribution in [0.5, 0.6) is 0 Å². The zero-order valence-corrected chi connectivity index (χ0v) is 24.0. The largest absolute Gasteiger partial charge is 0.456 e. The predicted octanol–water partition coefficient (Wildman–Crippen LogP) is 13.2. The maximum absolute atomic E-state index is 9.81. The van der Waals surface area contributed by atoms with Gasteiger partial charge in [-0.2, -0.15) is 0 Å². The van der Waals surface area contributed by atoms with Crippen LogP contribution in [0.2, 0.25) is 0 Å². The molecule has 0 unspecified atom stereocenters. The van der Waals surface area contributed by atoms with Gasteiger partial charge in [0.2, 0.25) is 0 Å². The number of hydrogen-bond donors (Lipinski definition) is 0. The van der Waals surface area contributed by atoms with E-state index < -0.39 is 132 Å². The summed E-state index contributed by atoms with van der Waals surface area (Å²) in [7, 11) is 0. The molecule has 218 valence electrons. The quantitative estimate of drug-likeness (QED) is 0.180. The molecule has 1 nitrogen and oxygen atoms in total. The molecule has 0 saturated heterocycles. The van der Waals surface area contributed by atoms with Crippen LogP contribution < -0.4 is 0 Å². The topological polar surface area (TPSA) is 13.1 Å². The van der Waals surface area contributed by atoms with Crippen LogP contribution in [-0.4, -0.2) is 0 Å². The Labute approximate surface area is 300 Å². The molecule has 0 bridgehead atoms. The SMILES string of the molecule is [2H]c1c([2H])c([2H])c(-c2c([2H])c([2H])c(-c3c4ccccc4c(-c4c([2H])c([2H])c5oc6c([2H])c7c([2H])c([2H])c([2H])c([2H])c7c([2H])c6c5c4[2H])c4ccccc34)c3c([2H])c([2H])c([2H])c([2H])c23)c([2H])c1[2H]. The Kier molecular flexibility index (Phi) is 2.87. The van der Waals surface area contributed by atoms with Crippen molar-refractivity contribution < 1.29 is 31.8 Å². The molecule has 0 aliphatic carbocycles. The van der Waals surface area contributed by atoms with Gasteiger partial charge in [0.15, 0.2) is 0 Å². The van der Waals surface area contributed by atoms with Gasteiger partial charge in [0, 0.05) is 10.8 Å². The molecule has 10 aromatic rings. The van der Waals surface area contributed by atoms with Gasteiger partial charge < -0.3 is 4.42 Å². The van der Waals surface area contributed by atoms with E-state index in [1.807, 2.05) is 0 Å². The Morgan fingerprint density at radius 3 is 1.62 bits per heavy atom. The molecular formula is C46H28O. The lowest BCUT2D eigenvalue weighted by atomic mass is 9.83. The fraction of sp³-hybridized carbons (Fsp3) is 0. The monoisotopic (exact) mass is 616 g/mol. The molecule has 10 rings (SSSR count). The summed E-state index contributed by atoms with van der Waals surface area (Å²) in [5, 5.41) is -0.346. The average molecular weight is 617 g/mol. The van der Waals surface area contributed by atoms with E-state index >= 15 is 0 Å². The van der Waals surface area contributed by atoms with Crippen molar-refractivity contribution in [3.63, 3.8) is 0 Å². The van der Waals surface area contributed by atoms with Crippen LogP contribution in [0.4, 0.5) is 0 Å². The number of rotatable bonds is 3. The van der Waals surface area contributed by atoms with Crippen molar-refractivity contribution in [2.24, 2.45) is 0 Å². The first-order valence-corrected chi connectivity index (χ1v) is 14.6. The van der Waals surface area contributed by atoms with Crippen molar-refractivity contribution in [2.75, 3.05) is 0 Å². The summed E-state index contributed by atoms with van der Waals surface area (Å²) in [5.41, 5.74) is -1.53. The molecule has 0 aliphatic heterocycles. The Balaban J connectivity index is 1.39. The third kappa shape index (κ3) is 3.97. The summed E-state index contributed by atoms with van der Waals surface area (Å²) in [4.78, 5) is 0. The van der Waals surface area contributed by atoms with Gasteiger partial charge in [-0.15, -0.1) is 0 Å². The van der Waals surface area contributed by atoms with Crippen molar-refractivity contribution in [1.82, 2.24) is 0 Å². The van der Waals surface area contributed by atoms with E-state index in [1.54, 1.807) is 48.5 Å². The molecule has 1 heteroatoms. The first-order chi connectivity index (χ1) is 31.7. The second kappa shape index (κ2) is 10.2. The first kappa shape index (κ1) is 13.3. The zero-order chi connectivity index (χ0) is 48.3. The molecule has 0 saturated carbocycles. The molecule has 1 aromatic heterocycles. The number of fused-ring (bicyclic) bond motifs is 7. The van der Waals surface area contributed by atoms with Crippen LogP contribution in [-0.2, 0) is 0 Å². The van der Waals surface area contributed by atoms with Gasteiger partial charge in [0.25, 0.3) is 0 Å². The molecule has 0 fully saturated rings. The van der Waals surface area contributed by atoms with Crippen LogP contribution in [0.3, 0.4) is 0 Å². The highest BCUT2D eigenvalue weighted by molar-refractivity contribution is 6.24. The maximum Gasteiger partial charge on any atom is 0.136 e. The van der Waals surface area contributed by atoms with Gasteiger partial charge >= 0.3 is 0 Å². The molecule has 1 heterocycles. The van der Waals surface area contributed by atoms with Gasteiger partial charge in [-0.05, 0) is 101 Å². The van der Waals surface area contributed by atoms with Gasteiger partial charge in [-0.3, -0.25) is 0 Å². The van der Waals surface area contributed by atoms with E-state index in [1.165, 1.54) is 0 Å². The second-order valence-corrected chi connectivity index (χ2v) is 10.9. The number of furan rings is 1. The Morgan fingerprint density at radius 1 is 0.362 bits per heavy atom. The lowest BCUT2D eigenvalue weighted by Gasteiger charge is -2.19. The number of benzene rings is 9. The van der Waals surface area contributed by atoms with Crippen LogP contribution in [0.25, 0.3) is 98.4 Å². The molecule has 0 radical (unpaired) electrons. The molecular weight excluding hydrogens is 569 g/mol. The van der Waals surface area contributed by atoms with Crippen molar-refractivity contribution in [2.45, 2.75) is 0 Å². The van der Waals surface area contributed by atoms with Crippen LogP contribution >= 0.6 is 0 Å². The fourth-order valence-corrected chi connectivity index (χ4v) is 6.34. The fourth-order valence-electron chi connectivity index (χ4n) is 6.34. The molecule has 0 amide bonds. The van der Waals surface area contributed by atoms with E-state index in [4.69, 9.17) is 20.9 Å². The van der Waals surface area contributed by atoms with Crippen molar-refractivity contribution in [3.05, 3.63) is 169 Å². The van der Waals surface area contributed by atoms with Crippen LogP contribution in [0.1, 0.15) is 27.4 Å². The Hall–Kier alpha value is -6.18. The minimum Gasteiger partial charge on any atom is -0.456 e.